The van der Waals surface area contributed by atoms with Crippen LogP contribution < -0.4 is 5.32 Å². The molecule has 1 aromatic carbocycles. The molecule has 0 spiro atoms. The van der Waals surface area contributed by atoms with Gasteiger partial charge in [0.05, 0.1) is 18.3 Å². The minimum absolute atomic E-state index is 0.0659. The first-order valence-electron chi connectivity index (χ1n) is 14.0. The van der Waals surface area contributed by atoms with Crippen LogP contribution in [-0.4, -0.2) is 67.6 Å². The normalized spacial score (nSPS) is 44.7. The molecule has 206 valence electrons. The molecular formula is C31H41NO6. The summed E-state index contributed by atoms with van der Waals surface area (Å²) in [4.78, 5) is 13.7. The summed E-state index contributed by atoms with van der Waals surface area (Å²) >= 11 is 0. The minimum atomic E-state index is -1.32. The Labute approximate surface area is 225 Å². The van der Waals surface area contributed by atoms with Gasteiger partial charge in [0, 0.05) is 29.2 Å². The molecule has 5 aliphatic rings. The highest BCUT2D eigenvalue weighted by atomic mass is 16.7. The van der Waals surface area contributed by atoms with E-state index >= 15 is 0 Å². The minimum Gasteiger partial charge on any atom is -0.455 e. The number of likely N-dealkylation sites (N-methyl/N-ethyl adjacent to an activating group) is 1. The summed E-state index contributed by atoms with van der Waals surface area (Å²) in [5, 5.41) is 16.2. The van der Waals surface area contributed by atoms with Crippen molar-refractivity contribution < 1.29 is 28.8 Å². The highest BCUT2D eigenvalue weighted by molar-refractivity contribution is 5.89. The van der Waals surface area contributed by atoms with Crippen molar-refractivity contribution >= 4 is 5.97 Å². The number of nitrogens with one attached hydrogen (secondary N) is 1. The second-order valence-corrected chi connectivity index (χ2v) is 12.8. The lowest BCUT2D eigenvalue weighted by Gasteiger charge is -2.63. The van der Waals surface area contributed by atoms with Crippen molar-refractivity contribution in [3.8, 4) is 0 Å². The van der Waals surface area contributed by atoms with E-state index in [-0.39, 0.29) is 36.1 Å². The van der Waals surface area contributed by atoms with Crippen molar-refractivity contribution in [3.05, 3.63) is 59.2 Å². The van der Waals surface area contributed by atoms with Gasteiger partial charge in [-0.25, -0.2) is 4.79 Å². The Balaban J connectivity index is 1.56. The summed E-state index contributed by atoms with van der Waals surface area (Å²) in [6.45, 7) is 11.8. The lowest BCUT2D eigenvalue weighted by molar-refractivity contribution is -0.245. The molecule has 2 bridgehead atoms. The molecule has 2 N–H and O–H groups in total. The molecule has 3 aliphatic carbocycles. The van der Waals surface area contributed by atoms with Crippen LogP contribution in [0.5, 0.6) is 0 Å². The van der Waals surface area contributed by atoms with Gasteiger partial charge in [-0.15, -0.1) is 0 Å². The van der Waals surface area contributed by atoms with Crippen molar-refractivity contribution in [2.24, 2.45) is 28.6 Å². The van der Waals surface area contributed by atoms with Crippen LogP contribution in [0.2, 0.25) is 0 Å². The summed E-state index contributed by atoms with van der Waals surface area (Å²) in [7, 11) is 1.89. The van der Waals surface area contributed by atoms with Crippen molar-refractivity contribution in [1.82, 2.24) is 5.32 Å². The van der Waals surface area contributed by atoms with Gasteiger partial charge in [-0.1, -0.05) is 63.6 Å². The highest BCUT2D eigenvalue weighted by Crippen LogP contribution is 2.64. The molecule has 6 rings (SSSR count). The molecule has 2 saturated heterocycles. The van der Waals surface area contributed by atoms with E-state index in [1.54, 1.807) is 12.1 Å². The number of esters is 1. The first-order valence-corrected chi connectivity index (χ1v) is 14.0. The number of hydrogen-bond acceptors (Lipinski definition) is 7. The Hall–Kier alpha value is -2.03. The molecule has 2 aliphatic heterocycles. The van der Waals surface area contributed by atoms with Crippen LogP contribution in [0.25, 0.3) is 0 Å². The van der Waals surface area contributed by atoms with Crippen LogP contribution >= 0.6 is 0 Å². The van der Waals surface area contributed by atoms with Crippen LogP contribution in [0.15, 0.2) is 53.6 Å². The third kappa shape index (κ3) is 3.55. The summed E-state index contributed by atoms with van der Waals surface area (Å²) < 4.78 is 25.9. The van der Waals surface area contributed by atoms with Crippen LogP contribution in [-0.2, 0) is 18.9 Å². The summed E-state index contributed by atoms with van der Waals surface area (Å²) in [5.74, 6) is -0.456. The fourth-order valence-electron chi connectivity index (χ4n) is 8.14. The predicted molar refractivity (Wildman–Crippen MR) is 142 cm³/mol. The van der Waals surface area contributed by atoms with Gasteiger partial charge >= 0.3 is 5.97 Å². The standard InChI is InChI=1S/C31H41NO6/c1-17-14-31(34)26(38-28(33)19-10-8-7-9-11-19)24-20-16-35-21(20)12-13-30(24,5)27-25(36-22(37-27)15-32-6)23(18(17)2)29(31,3)4/h7-13,17,20-22,24-27,32,34H,14-16H2,1-6H3/t17-,20+,21+,22+,24?,25+,26-,27+,30+,31+/m0/s1. The van der Waals surface area contributed by atoms with Gasteiger partial charge < -0.3 is 29.4 Å². The van der Waals surface area contributed by atoms with Crippen LogP contribution in [0.4, 0.5) is 0 Å². The molecule has 2 heterocycles. The number of ether oxygens (including phenoxy) is 4. The van der Waals surface area contributed by atoms with E-state index in [4.69, 9.17) is 18.9 Å². The molecule has 10 atom stereocenters. The molecule has 0 amide bonds. The van der Waals surface area contributed by atoms with Gasteiger partial charge in [-0.3, -0.25) is 0 Å². The largest absolute Gasteiger partial charge is 0.455 e. The fourth-order valence-corrected chi connectivity index (χ4v) is 8.14. The zero-order chi connectivity index (χ0) is 27.0. The van der Waals surface area contributed by atoms with Gasteiger partial charge in [0.25, 0.3) is 0 Å². The Morgan fingerprint density at radius 2 is 1.92 bits per heavy atom. The number of benzene rings is 1. The lowest BCUT2D eigenvalue weighted by Crippen LogP contribution is -2.71. The summed E-state index contributed by atoms with van der Waals surface area (Å²) in [5.41, 5.74) is 0.170. The quantitative estimate of drug-likeness (QED) is 0.458. The van der Waals surface area contributed by atoms with Gasteiger partial charge in [-0.05, 0) is 44.0 Å². The third-order valence-corrected chi connectivity index (χ3v) is 10.4. The Morgan fingerprint density at radius 1 is 1.18 bits per heavy atom. The lowest BCUT2D eigenvalue weighted by atomic mass is 9.47. The van der Waals surface area contributed by atoms with Crippen LogP contribution in [0.1, 0.15) is 51.4 Å². The number of allylic oxidation sites excluding steroid dienone is 1. The van der Waals surface area contributed by atoms with E-state index in [0.717, 1.165) is 5.57 Å². The molecule has 3 fully saturated rings. The highest BCUT2D eigenvalue weighted by Gasteiger charge is 2.70. The maximum atomic E-state index is 13.7. The molecule has 1 saturated carbocycles. The smallest absolute Gasteiger partial charge is 0.338 e. The summed E-state index contributed by atoms with van der Waals surface area (Å²) in [6.07, 6.45) is 2.93. The Kier molecular flexibility index (Phi) is 6.21. The van der Waals surface area contributed by atoms with Crippen LogP contribution in [0.3, 0.4) is 0 Å². The average Bonchev–Trinajstić information content (AvgIpc) is 3.27. The molecule has 7 heteroatoms. The zero-order valence-electron chi connectivity index (χ0n) is 23.3. The maximum Gasteiger partial charge on any atom is 0.338 e. The number of aliphatic hydroxyl groups is 1. The summed E-state index contributed by atoms with van der Waals surface area (Å²) in [6, 6.07) is 9.08. The van der Waals surface area contributed by atoms with E-state index < -0.39 is 34.8 Å². The van der Waals surface area contributed by atoms with Gasteiger partial charge in [0.2, 0.25) is 0 Å². The maximum absolute atomic E-state index is 13.7. The third-order valence-electron chi connectivity index (χ3n) is 10.4. The van der Waals surface area contributed by atoms with E-state index in [0.29, 0.717) is 25.1 Å². The zero-order valence-corrected chi connectivity index (χ0v) is 23.3. The topological polar surface area (TPSA) is 86.2 Å². The Morgan fingerprint density at radius 3 is 2.58 bits per heavy atom. The molecule has 0 radical (unpaired) electrons. The van der Waals surface area contributed by atoms with E-state index in [2.05, 4.69) is 52.1 Å². The molecule has 7 nitrogen and oxygen atoms in total. The molecule has 38 heavy (non-hydrogen) atoms. The van der Waals surface area contributed by atoms with E-state index in [9.17, 15) is 9.90 Å². The molecule has 1 aromatic rings. The van der Waals surface area contributed by atoms with E-state index in [1.165, 1.54) is 5.57 Å². The average molecular weight is 524 g/mol. The van der Waals surface area contributed by atoms with Crippen LogP contribution in [0, 0.1) is 28.6 Å². The fraction of sp³-hybridized carbons (Fsp3) is 0.645. The van der Waals surface area contributed by atoms with Crippen molar-refractivity contribution in [2.75, 3.05) is 20.2 Å². The monoisotopic (exact) mass is 523 g/mol. The molecule has 0 aromatic heterocycles. The number of carbonyl (C=O) groups excluding carboxylic acids is 1. The number of carbonyl (C=O) groups is 1. The second kappa shape index (κ2) is 9.00. The van der Waals surface area contributed by atoms with Gasteiger partial charge in [0.1, 0.15) is 23.9 Å². The van der Waals surface area contributed by atoms with Gasteiger partial charge in [0.15, 0.2) is 6.29 Å². The van der Waals surface area contributed by atoms with Gasteiger partial charge in [-0.2, -0.15) is 0 Å². The van der Waals surface area contributed by atoms with Crippen molar-refractivity contribution in [3.63, 3.8) is 0 Å². The Bertz CT molecular complexity index is 1160. The second-order valence-electron chi connectivity index (χ2n) is 12.8. The first kappa shape index (κ1) is 26.2. The first-order chi connectivity index (χ1) is 18.0. The molecule has 1 unspecified atom stereocenters. The van der Waals surface area contributed by atoms with Crippen molar-refractivity contribution in [2.45, 2.75) is 77.3 Å². The number of rotatable bonds is 4. The van der Waals surface area contributed by atoms with E-state index in [1.807, 2.05) is 25.2 Å². The number of fused-ring (bicyclic) bond motifs is 8. The molecular weight excluding hydrogens is 482 g/mol. The van der Waals surface area contributed by atoms with Crippen molar-refractivity contribution in [1.29, 1.82) is 0 Å². The number of hydrogen-bond donors (Lipinski definition) is 2. The SMILES string of the molecule is CNC[C@@H]1O[C@@H]2C3=C(C)[C@@H](C)C[C@@](O)([C@@H](OC(=O)c4ccccc4)C4[C@@H]5CO[C@@H]5C=C[C@@]4(C)[C@@H]2O1)C3(C)C. The predicted octanol–water partition coefficient (Wildman–Crippen LogP) is 3.88.